The molecule has 2 atom stereocenters. The lowest BCUT2D eigenvalue weighted by atomic mass is 10.0. The van der Waals surface area contributed by atoms with Gasteiger partial charge in [0.1, 0.15) is 5.82 Å². The van der Waals surface area contributed by atoms with Gasteiger partial charge in [-0.3, -0.25) is 9.78 Å². The molecule has 0 unspecified atom stereocenters. The molecule has 4 aromatic rings. The van der Waals surface area contributed by atoms with Crippen LogP contribution in [-0.4, -0.2) is 32.0 Å². The fourth-order valence-electron chi connectivity index (χ4n) is 4.65. The number of alkyl halides is 3. The number of rotatable bonds is 7. The summed E-state index contributed by atoms with van der Waals surface area (Å²) < 4.78 is 55.2. The standard InChI is InChI=1S/C28H23F4N5OS/c29-19-9-11-20(12-10-19)34-24(38)13-16-37-26(25(35-27(37)39)22-7-1-2-14-33-22)23-8-4-15-36(23)21-6-3-5-18(17-21)28(30,31)32/h1-12,14-15,17,25-26H,13,16H2,(H,34,38)(H,35,39)/t25-,26+/m1/s1. The smallest absolute Gasteiger partial charge is 0.352 e. The van der Waals surface area contributed by atoms with E-state index in [1.807, 2.05) is 23.1 Å². The number of amides is 1. The van der Waals surface area contributed by atoms with E-state index < -0.39 is 29.6 Å². The molecule has 3 heterocycles. The van der Waals surface area contributed by atoms with Gasteiger partial charge < -0.3 is 20.1 Å². The minimum absolute atomic E-state index is 0.0644. The van der Waals surface area contributed by atoms with Crippen molar-refractivity contribution in [1.29, 1.82) is 0 Å². The zero-order chi connectivity index (χ0) is 27.6. The van der Waals surface area contributed by atoms with Gasteiger partial charge in [-0.15, -0.1) is 0 Å². The van der Waals surface area contributed by atoms with Gasteiger partial charge in [0.25, 0.3) is 0 Å². The number of nitrogens with one attached hydrogen (secondary N) is 2. The number of benzene rings is 2. The number of halogens is 4. The molecule has 0 aliphatic carbocycles. The van der Waals surface area contributed by atoms with Gasteiger partial charge in [-0.25, -0.2) is 4.39 Å². The van der Waals surface area contributed by atoms with Gasteiger partial charge in [0.2, 0.25) is 5.91 Å². The predicted molar refractivity (Wildman–Crippen MR) is 143 cm³/mol. The Morgan fingerprint density at radius 1 is 1.03 bits per heavy atom. The van der Waals surface area contributed by atoms with Crippen LogP contribution in [0.5, 0.6) is 0 Å². The first-order chi connectivity index (χ1) is 18.7. The Morgan fingerprint density at radius 2 is 1.82 bits per heavy atom. The zero-order valence-electron chi connectivity index (χ0n) is 20.4. The monoisotopic (exact) mass is 553 g/mol. The second kappa shape index (κ2) is 10.9. The van der Waals surface area contributed by atoms with Crippen LogP contribution in [0.2, 0.25) is 0 Å². The van der Waals surface area contributed by atoms with Crippen LogP contribution >= 0.6 is 12.2 Å². The lowest BCUT2D eigenvalue weighted by Gasteiger charge is -2.29. The summed E-state index contributed by atoms with van der Waals surface area (Å²) in [6.45, 7) is 0.223. The van der Waals surface area contributed by atoms with Crippen LogP contribution in [0.4, 0.5) is 23.2 Å². The van der Waals surface area contributed by atoms with Crippen molar-refractivity contribution in [2.24, 2.45) is 0 Å². The van der Waals surface area contributed by atoms with Crippen molar-refractivity contribution >= 4 is 28.9 Å². The first-order valence-electron chi connectivity index (χ1n) is 12.1. The van der Waals surface area contributed by atoms with Crippen LogP contribution in [0.3, 0.4) is 0 Å². The van der Waals surface area contributed by atoms with E-state index >= 15 is 0 Å². The van der Waals surface area contributed by atoms with Gasteiger partial charge in [0.15, 0.2) is 5.11 Å². The average Bonchev–Trinajstić information content (AvgIpc) is 3.53. The molecule has 2 aromatic carbocycles. The molecule has 6 nitrogen and oxygen atoms in total. The number of carbonyl (C=O) groups is 1. The first-order valence-corrected chi connectivity index (χ1v) is 12.5. The molecule has 11 heteroatoms. The largest absolute Gasteiger partial charge is 0.416 e. The van der Waals surface area contributed by atoms with E-state index in [9.17, 15) is 22.4 Å². The summed E-state index contributed by atoms with van der Waals surface area (Å²) in [4.78, 5) is 19.0. The summed E-state index contributed by atoms with van der Waals surface area (Å²) >= 11 is 5.65. The lowest BCUT2D eigenvalue weighted by molar-refractivity contribution is -0.137. The maximum Gasteiger partial charge on any atom is 0.416 e. The van der Waals surface area contributed by atoms with E-state index in [4.69, 9.17) is 12.2 Å². The number of anilines is 1. The maximum atomic E-state index is 13.5. The van der Waals surface area contributed by atoms with E-state index in [0.29, 0.717) is 27.9 Å². The Morgan fingerprint density at radius 3 is 2.54 bits per heavy atom. The summed E-state index contributed by atoms with van der Waals surface area (Å²) in [5.41, 5.74) is 1.42. The fraction of sp³-hybridized carbons (Fsp3) is 0.179. The third kappa shape index (κ3) is 5.78. The predicted octanol–water partition coefficient (Wildman–Crippen LogP) is 6.03. The minimum Gasteiger partial charge on any atom is -0.352 e. The molecule has 1 saturated heterocycles. The molecule has 0 radical (unpaired) electrons. The number of carbonyl (C=O) groups excluding carboxylic acids is 1. The van der Waals surface area contributed by atoms with Crippen molar-refractivity contribution in [3.05, 3.63) is 114 Å². The highest BCUT2D eigenvalue weighted by Gasteiger charge is 2.41. The summed E-state index contributed by atoms with van der Waals surface area (Å²) in [7, 11) is 0. The van der Waals surface area contributed by atoms with Gasteiger partial charge >= 0.3 is 6.18 Å². The minimum atomic E-state index is -4.49. The van der Waals surface area contributed by atoms with Gasteiger partial charge in [-0.05, 0) is 78.9 Å². The Bertz CT molecular complexity index is 1470. The molecule has 5 rings (SSSR count). The number of pyridine rings is 1. The van der Waals surface area contributed by atoms with E-state index in [1.54, 1.807) is 35.2 Å². The van der Waals surface area contributed by atoms with Crippen molar-refractivity contribution in [2.45, 2.75) is 24.7 Å². The zero-order valence-corrected chi connectivity index (χ0v) is 21.2. The summed E-state index contributed by atoms with van der Waals surface area (Å²) in [6, 6.07) is 18.7. The Labute approximate surface area is 227 Å². The lowest BCUT2D eigenvalue weighted by Crippen LogP contribution is -2.33. The fourth-order valence-corrected chi connectivity index (χ4v) is 4.98. The number of hydrogen-bond donors (Lipinski definition) is 2. The second-order valence-corrected chi connectivity index (χ2v) is 9.36. The third-order valence-electron chi connectivity index (χ3n) is 6.44. The van der Waals surface area contributed by atoms with E-state index in [2.05, 4.69) is 15.6 Å². The SMILES string of the molecule is O=C(CCN1C(=S)N[C@H](c2ccccn2)[C@@H]1c1cccn1-c1cccc(C(F)(F)F)c1)Nc1ccc(F)cc1. The number of hydrogen-bond acceptors (Lipinski definition) is 3. The van der Waals surface area contributed by atoms with Crippen LogP contribution in [0.25, 0.3) is 5.69 Å². The first kappa shape index (κ1) is 26.4. The molecule has 1 aliphatic rings. The highest BCUT2D eigenvalue weighted by Crippen LogP contribution is 2.40. The maximum absolute atomic E-state index is 13.5. The molecule has 0 bridgehead atoms. The third-order valence-corrected chi connectivity index (χ3v) is 6.79. The molecule has 200 valence electrons. The molecule has 2 aromatic heterocycles. The summed E-state index contributed by atoms with van der Waals surface area (Å²) in [5, 5.41) is 6.41. The molecule has 1 amide bonds. The average molecular weight is 554 g/mol. The van der Waals surface area contributed by atoms with E-state index in [0.717, 1.165) is 12.1 Å². The summed E-state index contributed by atoms with van der Waals surface area (Å²) in [6.07, 6.45) is -1.07. The van der Waals surface area contributed by atoms with Crippen molar-refractivity contribution in [2.75, 3.05) is 11.9 Å². The van der Waals surface area contributed by atoms with Crippen LogP contribution in [-0.2, 0) is 11.0 Å². The number of aromatic nitrogens is 2. The van der Waals surface area contributed by atoms with Crippen molar-refractivity contribution in [1.82, 2.24) is 19.8 Å². The van der Waals surface area contributed by atoms with Gasteiger partial charge in [0.05, 0.1) is 23.3 Å². The van der Waals surface area contributed by atoms with Crippen LogP contribution in [0.15, 0.2) is 91.3 Å². The molecule has 0 spiro atoms. The van der Waals surface area contributed by atoms with Crippen LogP contribution in [0, 0.1) is 5.82 Å². The van der Waals surface area contributed by atoms with Gasteiger partial charge in [-0.2, -0.15) is 13.2 Å². The highest BCUT2D eigenvalue weighted by molar-refractivity contribution is 7.80. The van der Waals surface area contributed by atoms with Crippen molar-refractivity contribution in [3.63, 3.8) is 0 Å². The van der Waals surface area contributed by atoms with E-state index in [1.165, 1.54) is 30.3 Å². The Balaban J connectivity index is 1.46. The molecular formula is C28H23F4N5OS. The second-order valence-electron chi connectivity index (χ2n) is 8.98. The molecule has 0 saturated carbocycles. The van der Waals surface area contributed by atoms with Crippen LogP contribution < -0.4 is 10.6 Å². The van der Waals surface area contributed by atoms with Crippen LogP contribution in [0.1, 0.15) is 35.5 Å². The van der Waals surface area contributed by atoms with Crippen molar-refractivity contribution in [3.8, 4) is 5.69 Å². The Hall–Kier alpha value is -4.25. The van der Waals surface area contributed by atoms with Gasteiger partial charge in [0, 0.05) is 42.4 Å². The van der Waals surface area contributed by atoms with Crippen molar-refractivity contribution < 1.29 is 22.4 Å². The topological polar surface area (TPSA) is 62.2 Å². The van der Waals surface area contributed by atoms with Gasteiger partial charge in [-0.1, -0.05) is 12.1 Å². The number of nitrogens with zero attached hydrogens (tertiary/aromatic N) is 3. The molecular weight excluding hydrogens is 530 g/mol. The molecule has 1 fully saturated rings. The quantitative estimate of drug-likeness (QED) is 0.216. The molecule has 39 heavy (non-hydrogen) atoms. The van der Waals surface area contributed by atoms with E-state index in [-0.39, 0.29) is 18.9 Å². The molecule has 1 aliphatic heterocycles. The number of thiocarbonyl (C=S) groups is 1. The highest BCUT2D eigenvalue weighted by atomic mass is 32.1. The molecule has 2 N–H and O–H groups in total. The normalized spacial score (nSPS) is 17.2. The Kier molecular flexibility index (Phi) is 7.34. The summed E-state index contributed by atoms with van der Waals surface area (Å²) in [5.74, 6) is -0.702.